The second-order valence-electron chi connectivity index (χ2n) is 4.92. The Morgan fingerprint density at radius 3 is 2.87 bits per heavy atom. The highest BCUT2D eigenvalue weighted by molar-refractivity contribution is 5.93. The number of rotatable bonds is 5. The minimum Gasteiger partial charge on any atom is -0.306 e. The highest BCUT2D eigenvalue weighted by Gasteiger charge is 2.19. The molecule has 2 aromatic heterocycles. The smallest absolute Gasteiger partial charge is 0.227 e. The van der Waals surface area contributed by atoms with Gasteiger partial charge in [-0.2, -0.15) is 5.21 Å². The number of carbonyl (C=O) groups excluding carboxylic acids is 1. The second kappa shape index (κ2) is 6.34. The summed E-state index contributed by atoms with van der Waals surface area (Å²) in [4.78, 5) is 14.0. The molecule has 1 amide bonds. The summed E-state index contributed by atoms with van der Waals surface area (Å²) < 4.78 is 4.71. The van der Waals surface area contributed by atoms with Crippen LogP contribution in [0, 0.1) is 6.92 Å². The summed E-state index contributed by atoms with van der Waals surface area (Å²) in [7, 11) is 0. The Labute approximate surface area is 131 Å². The molecule has 0 aliphatic rings. The fourth-order valence-corrected chi connectivity index (χ4v) is 2.15. The van der Waals surface area contributed by atoms with E-state index in [2.05, 4.69) is 30.9 Å². The van der Waals surface area contributed by atoms with Gasteiger partial charge in [0.15, 0.2) is 0 Å². The van der Waals surface area contributed by atoms with E-state index < -0.39 is 0 Å². The number of aromatic nitrogens is 6. The standard InChI is InChI=1S/C14H15N7O2/c1-3-13(22)21(8-12-9(2)17-23-18-12)11-6-4-5-10(7-11)14-15-19-20-16-14/h4-7H,3,8H2,1-2H3,(H,15,16,19,20). The van der Waals surface area contributed by atoms with Crippen LogP contribution < -0.4 is 4.90 Å². The van der Waals surface area contributed by atoms with Gasteiger partial charge in [0.1, 0.15) is 11.4 Å². The van der Waals surface area contributed by atoms with Crippen molar-refractivity contribution in [2.24, 2.45) is 0 Å². The van der Waals surface area contributed by atoms with Crippen LogP contribution in [0.4, 0.5) is 5.69 Å². The van der Waals surface area contributed by atoms with Gasteiger partial charge in [-0.05, 0) is 24.3 Å². The normalized spacial score (nSPS) is 10.7. The average molecular weight is 313 g/mol. The van der Waals surface area contributed by atoms with Gasteiger partial charge in [0, 0.05) is 17.7 Å². The van der Waals surface area contributed by atoms with Crippen LogP contribution in [0.25, 0.3) is 11.4 Å². The SMILES string of the molecule is CCC(=O)N(Cc1nonc1C)c1cccc(-c2nn[nH]n2)c1. The van der Waals surface area contributed by atoms with E-state index in [1.807, 2.05) is 31.2 Å². The van der Waals surface area contributed by atoms with Gasteiger partial charge in [0.25, 0.3) is 0 Å². The van der Waals surface area contributed by atoms with Gasteiger partial charge in [-0.15, -0.1) is 10.2 Å². The fourth-order valence-electron chi connectivity index (χ4n) is 2.15. The lowest BCUT2D eigenvalue weighted by atomic mass is 10.1. The van der Waals surface area contributed by atoms with E-state index in [9.17, 15) is 4.79 Å². The third kappa shape index (κ3) is 3.07. The van der Waals surface area contributed by atoms with Crippen LogP contribution in [0.15, 0.2) is 28.9 Å². The summed E-state index contributed by atoms with van der Waals surface area (Å²) in [5.74, 6) is 0.438. The molecule has 0 aliphatic heterocycles. The molecule has 3 aromatic rings. The van der Waals surface area contributed by atoms with E-state index in [-0.39, 0.29) is 12.5 Å². The second-order valence-corrected chi connectivity index (χ2v) is 4.92. The van der Waals surface area contributed by atoms with E-state index in [1.54, 1.807) is 11.8 Å². The Morgan fingerprint density at radius 1 is 1.35 bits per heavy atom. The number of carbonyl (C=O) groups is 1. The maximum Gasteiger partial charge on any atom is 0.227 e. The Bertz CT molecular complexity index is 797. The van der Waals surface area contributed by atoms with Crippen molar-refractivity contribution >= 4 is 11.6 Å². The molecule has 0 bridgehead atoms. The van der Waals surface area contributed by atoms with E-state index in [0.29, 0.717) is 23.6 Å². The number of nitrogens with one attached hydrogen (secondary N) is 1. The highest BCUT2D eigenvalue weighted by Crippen LogP contribution is 2.24. The van der Waals surface area contributed by atoms with E-state index in [0.717, 1.165) is 11.3 Å². The van der Waals surface area contributed by atoms with Crippen LogP contribution in [0.3, 0.4) is 0 Å². The van der Waals surface area contributed by atoms with Crippen LogP contribution in [0.2, 0.25) is 0 Å². The minimum atomic E-state index is -0.0299. The third-order valence-electron chi connectivity index (χ3n) is 3.42. The zero-order valence-electron chi connectivity index (χ0n) is 12.7. The Balaban J connectivity index is 1.95. The number of H-pyrrole nitrogens is 1. The first-order chi connectivity index (χ1) is 11.2. The summed E-state index contributed by atoms with van der Waals surface area (Å²) in [6, 6.07) is 7.37. The molecule has 1 N–H and O–H groups in total. The average Bonchev–Trinajstić information content (AvgIpc) is 3.24. The zero-order valence-corrected chi connectivity index (χ0v) is 12.7. The molecule has 0 saturated carbocycles. The first-order valence-corrected chi connectivity index (χ1v) is 7.11. The number of aryl methyl sites for hydroxylation is 1. The number of anilines is 1. The van der Waals surface area contributed by atoms with Crippen LogP contribution in [0.1, 0.15) is 24.7 Å². The van der Waals surface area contributed by atoms with Crippen molar-refractivity contribution in [1.82, 2.24) is 30.9 Å². The Kier molecular flexibility index (Phi) is 4.09. The number of hydrogen-bond donors (Lipinski definition) is 1. The molecular weight excluding hydrogens is 298 g/mol. The van der Waals surface area contributed by atoms with Gasteiger partial charge in [0.05, 0.1) is 6.54 Å². The van der Waals surface area contributed by atoms with Gasteiger partial charge in [-0.3, -0.25) is 4.79 Å². The number of benzene rings is 1. The van der Waals surface area contributed by atoms with Crippen molar-refractivity contribution in [2.75, 3.05) is 4.90 Å². The summed E-state index contributed by atoms with van der Waals surface area (Å²) in [5.41, 5.74) is 2.77. The highest BCUT2D eigenvalue weighted by atomic mass is 16.6. The number of hydrogen-bond acceptors (Lipinski definition) is 7. The van der Waals surface area contributed by atoms with Crippen molar-refractivity contribution in [2.45, 2.75) is 26.8 Å². The molecule has 0 fully saturated rings. The van der Waals surface area contributed by atoms with Gasteiger partial charge in [0.2, 0.25) is 11.7 Å². The monoisotopic (exact) mass is 313 g/mol. The summed E-state index contributed by atoms with van der Waals surface area (Å²) in [6.45, 7) is 3.89. The van der Waals surface area contributed by atoms with Crippen LogP contribution >= 0.6 is 0 Å². The Morgan fingerprint density at radius 2 is 2.22 bits per heavy atom. The van der Waals surface area contributed by atoms with Crippen LogP contribution in [-0.4, -0.2) is 36.8 Å². The molecule has 1 aromatic carbocycles. The third-order valence-corrected chi connectivity index (χ3v) is 3.42. The molecule has 0 spiro atoms. The van der Waals surface area contributed by atoms with Crippen molar-refractivity contribution < 1.29 is 9.42 Å². The topological polar surface area (TPSA) is 114 Å². The van der Waals surface area contributed by atoms with Crippen molar-refractivity contribution in [3.05, 3.63) is 35.7 Å². The van der Waals surface area contributed by atoms with Crippen LogP contribution in [0.5, 0.6) is 0 Å². The number of nitrogens with zero attached hydrogens (tertiary/aromatic N) is 6. The molecule has 118 valence electrons. The first kappa shape index (κ1) is 14.8. The largest absolute Gasteiger partial charge is 0.306 e. The molecular formula is C14H15N7O2. The summed E-state index contributed by atoms with van der Waals surface area (Å²) in [6.07, 6.45) is 0.372. The fraction of sp³-hybridized carbons (Fsp3) is 0.286. The van der Waals surface area contributed by atoms with Crippen molar-refractivity contribution in [3.8, 4) is 11.4 Å². The first-order valence-electron chi connectivity index (χ1n) is 7.11. The summed E-state index contributed by atoms with van der Waals surface area (Å²) in [5, 5.41) is 21.5. The van der Waals surface area contributed by atoms with Crippen molar-refractivity contribution in [3.63, 3.8) is 0 Å². The lowest BCUT2D eigenvalue weighted by molar-refractivity contribution is -0.118. The Hall–Kier alpha value is -3.10. The number of tetrazole rings is 1. The van der Waals surface area contributed by atoms with Gasteiger partial charge in [-0.1, -0.05) is 29.4 Å². The molecule has 0 aliphatic carbocycles. The molecule has 2 heterocycles. The number of aromatic amines is 1. The molecule has 3 rings (SSSR count). The lowest BCUT2D eigenvalue weighted by Crippen LogP contribution is -2.30. The van der Waals surface area contributed by atoms with E-state index in [4.69, 9.17) is 4.63 Å². The molecule has 0 atom stereocenters. The quantitative estimate of drug-likeness (QED) is 0.759. The predicted octanol–water partition coefficient (Wildman–Crippen LogP) is 1.50. The van der Waals surface area contributed by atoms with Gasteiger partial charge < -0.3 is 4.90 Å². The lowest BCUT2D eigenvalue weighted by Gasteiger charge is -2.21. The zero-order chi connectivity index (χ0) is 16.2. The van der Waals surface area contributed by atoms with Crippen molar-refractivity contribution in [1.29, 1.82) is 0 Å². The van der Waals surface area contributed by atoms with Gasteiger partial charge >= 0.3 is 0 Å². The predicted molar refractivity (Wildman–Crippen MR) is 80.1 cm³/mol. The van der Waals surface area contributed by atoms with Gasteiger partial charge in [-0.25, -0.2) is 4.63 Å². The minimum absolute atomic E-state index is 0.0299. The molecule has 9 nitrogen and oxygen atoms in total. The molecule has 0 radical (unpaired) electrons. The number of amides is 1. The molecule has 0 saturated heterocycles. The van der Waals surface area contributed by atoms with Crippen LogP contribution in [-0.2, 0) is 11.3 Å². The van der Waals surface area contributed by atoms with E-state index >= 15 is 0 Å². The van der Waals surface area contributed by atoms with E-state index in [1.165, 1.54) is 0 Å². The molecule has 23 heavy (non-hydrogen) atoms. The molecule has 0 unspecified atom stereocenters. The summed E-state index contributed by atoms with van der Waals surface area (Å²) >= 11 is 0. The maximum absolute atomic E-state index is 12.3. The molecule has 9 heteroatoms. The maximum atomic E-state index is 12.3.